The maximum absolute atomic E-state index is 13.4. The molecule has 0 spiro atoms. The Kier molecular flexibility index (Phi) is 4.85. The standard InChI is InChI=1S/C15H13BFN4.Ir/c1-10(2)20-13-6-4-5-7-14(13)21(16-20)15-8-12(18-3)11(17)9-19-15;/h4-10H,1-2H3;. The maximum atomic E-state index is 13.4. The van der Waals surface area contributed by atoms with Gasteiger partial charge in [0.15, 0.2) is 0 Å². The molecule has 0 unspecified atom stereocenters. The van der Waals surface area contributed by atoms with E-state index in [4.69, 9.17) is 6.57 Å². The number of anilines is 3. The van der Waals surface area contributed by atoms with Gasteiger partial charge in [0.25, 0.3) is 0 Å². The fourth-order valence-electron chi connectivity index (χ4n) is 2.36. The Morgan fingerprint density at radius 2 is 1.95 bits per heavy atom. The van der Waals surface area contributed by atoms with Crippen LogP contribution in [0.5, 0.6) is 0 Å². The van der Waals surface area contributed by atoms with E-state index in [1.165, 1.54) is 6.07 Å². The van der Waals surface area contributed by atoms with E-state index >= 15 is 0 Å². The van der Waals surface area contributed by atoms with Gasteiger partial charge in [-0.2, -0.15) is 0 Å². The van der Waals surface area contributed by atoms with Crippen LogP contribution >= 0.6 is 0 Å². The first-order valence-corrected chi connectivity index (χ1v) is 6.66. The number of hydrogen-bond acceptors (Lipinski definition) is 3. The molecule has 0 saturated heterocycles. The van der Waals surface area contributed by atoms with Gasteiger partial charge >= 0.3 is 7.55 Å². The Hall–Kier alpha value is -1.90. The number of para-hydroxylation sites is 2. The Labute approximate surface area is 143 Å². The van der Waals surface area contributed by atoms with Gasteiger partial charge in [-0.05, 0) is 32.0 Å². The van der Waals surface area contributed by atoms with E-state index in [2.05, 4.69) is 28.5 Å². The van der Waals surface area contributed by atoms with Crippen LogP contribution in [-0.2, 0) is 20.1 Å². The Morgan fingerprint density at radius 1 is 1.27 bits per heavy atom. The molecule has 1 aliphatic heterocycles. The maximum Gasteiger partial charge on any atom is 0.397 e. The fourth-order valence-corrected chi connectivity index (χ4v) is 2.36. The molecule has 22 heavy (non-hydrogen) atoms. The number of halogens is 1. The van der Waals surface area contributed by atoms with E-state index in [1.54, 1.807) is 0 Å². The van der Waals surface area contributed by atoms with Crippen molar-refractivity contribution in [1.82, 2.24) is 4.98 Å². The van der Waals surface area contributed by atoms with Crippen molar-refractivity contribution in [2.75, 3.05) is 9.62 Å². The van der Waals surface area contributed by atoms with E-state index in [0.29, 0.717) is 5.82 Å². The molecule has 0 bridgehead atoms. The minimum absolute atomic E-state index is 0. The van der Waals surface area contributed by atoms with Gasteiger partial charge in [0, 0.05) is 31.8 Å². The Morgan fingerprint density at radius 3 is 2.59 bits per heavy atom. The molecule has 0 amide bonds. The molecular weight excluding hydrogens is 458 g/mol. The summed E-state index contributed by atoms with van der Waals surface area (Å²) in [5.41, 5.74) is 2.03. The number of pyridine rings is 1. The zero-order valence-electron chi connectivity index (χ0n) is 12.1. The van der Waals surface area contributed by atoms with Crippen LogP contribution in [0.15, 0.2) is 36.5 Å². The molecule has 0 atom stereocenters. The van der Waals surface area contributed by atoms with Crippen molar-refractivity contribution in [2.45, 2.75) is 19.9 Å². The minimum Gasteiger partial charge on any atom is -0.395 e. The Bertz CT molecular complexity index is 732. The summed E-state index contributed by atoms with van der Waals surface area (Å²) >= 11 is 0. The minimum atomic E-state index is -0.595. The summed E-state index contributed by atoms with van der Waals surface area (Å²) in [5.74, 6) is -0.0556. The van der Waals surface area contributed by atoms with E-state index in [9.17, 15) is 4.39 Å². The summed E-state index contributed by atoms with van der Waals surface area (Å²) in [4.78, 5) is 11.3. The molecule has 0 aliphatic carbocycles. The molecule has 4 nitrogen and oxygen atoms in total. The number of benzene rings is 1. The molecule has 0 N–H and O–H groups in total. The third-order valence-corrected chi connectivity index (χ3v) is 3.40. The van der Waals surface area contributed by atoms with E-state index in [-0.39, 0.29) is 31.8 Å². The SMILES string of the molecule is [C-]#[N+]c1cc(N2[B]N(C(C)C)c3ccccc32)ncc1F.[Ir]. The van der Waals surface area contributed by atoms with Crippen LogP contribution in [-0.4, -0.2) is 18.6 Å². The van der Waals surface area contributed by atoms with Crippen molar-refractivity contribution in [1.29, 1.82) is 0 Å². The molecule has 112 valence electrons. The van der Waals surface area contributed by atoms with Crippen LogP contribution in [0.1, 0.15) is 13.8 Å². The van der Waals surface area contributed by atoms with E-state index < -0.39 is 5.82 Å². The molecule has 7 heteroatoms. The molecule has 0 saturated carbocycles. The fraction of sp³-hybridized carbons (Fsp3) is 0.200. The van der Waals surface area contributed by atoms with Crippen molar-refractivity contribution in [3.05, 3.63) is 53.8 Å². The van der Waals surface area contributed by atoms with Gasteiger partial charge in [0.05, 0.1) is 18.5 Å². The van der Waals surface area contributed by atoms with Gasteiger partial charge in [-0.25, -0.2) is 14.2 Å². The zero-order valence-corrected chi connectivity index (χ0v) is 14.5. The van der Waals surface area contributed by atoms with Gasteiger partial charge in [0.2, 0.25) is 5.69 Å². The van der Waals surface area contributed by atoms with Crippen LogP contribution < -0.4 is 9.62 Å². The second-order valence-electron chi connectivity index (χ2n) is 5.08. The predicted molar refractivity (Wildman–Crippen MR) is 82.4 cm³/mol. The summed E-state index contributed by atoms with van der Waals surface area (Å²) < 4.78 is 13.4. The number of aromatic nitrogens is 1. The van der Waals surface area contributed by atoms with Crippen molar-refractivity contribution < 1.29 is 24.5 Å². The smallest absolute Gasteiger partial charge is 0.395 e. The topological polar surface area (TPSA) is 23.7 Å². The number of fused-ring (bicyclic) bond motifs is 1. The molecule has 0 fully saturated rings. The molecule has 2 heterocycles. The second kappa shape index (κ2) is 6.47. The first kappa shape index (κ1) is 16.5. The average Bonchev–Trinajstić information content (AvgIpc) is 2.88. The number of rotatable bonds is 2. The van der Waals surface area contributed by atoms with E-state index in [1.807, 2.05) is 36.6 Å². The quantitative estimate of drug-likeness (QED) is 0.494. The monoisotopic (exact) mass is 472 g/mol. The molecule has 2 radical (unpaired) electrons. The third kappa shape index (κ3) is 2.72. The largest absolute Gasteiger partial charge is 0.397 e. The summed E-state index contributed by atoms with van der Waals surface area (Å²) in [6.45, 7) is 11.2. The van der Waals surface area contributed by atoms with Crippen molar-refractivity contribution in [3.63, 3.8) is 0 Å². The second-order valence-corrected chi connectivity index (χ2v) is 5.08. The van der Waals surface area contributed by atoms with Crippen LogP contribution in [0.3, 0.4) is 0 Å². The molecule has 2 aromatic rings. The summed E-state index contributed by atoms with van der Waals surface area (Å²) in [7, 11) is 1.93. The van der Waals surface area contributed by atoms with Crippen molar-refractivity contribution in [2.24, 2.45) is 0 Å². The van der Waals surface area contributed by atoms with Crippen LogP contribution in [0.25, 0.3) is 4.85 Å². The van der Waals surface area contributed by atoms with Crippen molar-refractivity contribution in [3.8, 4) is 0 Å². The first-order chi connectivity index (χ1) is 10.1. The first-order valence-electron chi connectivity index (χ1n) is 6.66. The van der Waals surface area contributed by atoms with Gasteiger partial charge in [-0.15, -0.1) is 0 Å². The third-order valence-electron chi connectivity index (χ3n) is 3.40. The zero-order chi connectivity index (χ0) is 15.0. The van der Waals surface area contributed by atoms with Crippen LogP contribution in [0.2, 0.25) is 0 Å². The van der Waals surface area contributed by atoms with Crippen LogP contribution in [0, 0.1) is 12.4 Å². The predicted octanol–water partition coefficient (Wildman–Crippen LogP) is 3.67. The van der Waals surface area contributed by atoms with Gasteiger partial charge in [-0.3, -0.25) is 0 Å². The van der Waals surface area contributed by atoms with Crippen LogP contribution in [0.4, 0.5) is 27.3 Å². The summed E-state index contributed by atoms with van der Waals surface area (Å²) in [6, 6.07) is 9.70. The number of hydrogen-bond donors (Lipinski definition) is 0. The van der Waals surface area contributed by atoms with Gasteiger partial charge < -0.3 is 9.62 Å². The molecule has 3 rings (SSSR count). The average molecular weight is 471 g/mol. The molecule has 1 aromatic carbocycles. The number of nitrogens with zero attached hydrogens (tertiary/aromatic N) is 4. The van der Waals surface area contributed by atoms with E-state index in [0.717, 1.165) is 17.6 Å². The summed E-state index contributed by atoms with van der Waals surface area (Å²) in [6.07, 6.45) is 1.09. The molecular formula is C15H13BFIrN4. The molecule has 1 aliphatic rings. The normalized spacial score (nSPS) is 12.5. The van der Waals surface area contributed by atoms with Gasteiger partial charge in [0.1, 0.15) is 11.6 Å². The van der Waals surface area contributed by atoms with Gasteiger partial charge in [-0.1, -0.05) is 12.1 Å². The Balaban J connectivity index is 0.00000176. The molecule has 1 aromatic heterocycles. The van der Waals surface area contributed by atoms with Crippen molar-refractivity contribution >= 4 is 30.4 Å². The summed E-state index contributed by atoms with van der Waals surface area (Å²) in [5, 5.41) is 0.